The molecule has 0 aliphatic rings. The van der Waals surface area contributed by atoms with Crippen LogP contribution in [0.3, 0.4) is 0 Å². The highest BCUT2D eigenvalue weighted by molar-refractivity contribution is 7.89. The maximum atomic E-state index is 10.8. The van der Waals surface area contributed by atoms with Crippen molar-refractivity contribution in [2.24, 2.45) is 11.5 Å². The Morgan fingerprint density at radius 2 is 1.15 bits per heavy atom. The number of aryl methyl sites for hydroxylation is 1. The molecule has 0 aliphatic heterocycles. The summed E-state index contributed by atoms with van der Waals surface area (Å²) in [7, 11) is -9.35. The van der Waals surface area contributed by atoms with E-state index in [1.807, 2.05) is 12.1 Å². The Labute approximate surface area is 220 Å². The van der Waals surface area contributed by atoms with Crippen LogP contribution < -0.4 is 11.5 Å². The summed E-state index contributed by atoms with van der Waals surface area (Å²) in [5, 5.41) is 35.0. The van der Waals surface area contributed by atoms with Gasteiger partial charge in [-0.1, -0.05) is 18.2 Å². The Morgan fingerprint density at radius 1 is 0.718 bits per heavy atom. The lowest BCUT2D eigenvalue weighted by atomic mass is 10.2. The van der Waals surface area contributed by atoms with Crippen molar-refractivity contribution < 1.29 is 25.9 Å². The lowest BCUT2D eigenvalue weighted by molar-refractivity contribution is 0.466. The molecule has 0 atom stereocenters. The third-order valence-electron chi connectivity index (χ3n) is 4.93. The molecule has 0 spiro atoms. The molecular formula is C21H22N10O6S2. The molecule has 2 aromatic heterocycles. The third-order valence-corrected chi connectivity index (χ3v) is 6.86. The summed E-state index contributed by atoms with van der Waals surface area (Å²) in [6, 6.07) is 13.9. The lowest BCUT2D eigenvalue weighted by Crippen LogP contribution is -2.11. The molecule has 16 nitrogen and oxygen atoms in total. The zero-order valence-corrected chi connectivity index (χ0v) is 21.6. The summed E-state index contributed by atoms with van der Waals surface area (Å²) in [6.45, 7) is 1.52. The van der Waals surface area contributed by atoms with E-state index in [-0.39, 0.29) is 11.7 Å². The number of nitrogens with two attached hydrogens (primary N) is 2. The van der Waals surface area contributed by atoms with E-state index in [0.717, 1.165) is 23.2 Å². The summed E-state index contributed by atoms with van der Waals surface area (Å²) >= 11 is 0. The fourth-order valence-electron chi connectivity index (χ4n) is 3.20. The number of hydrogen-bond donors (Lipinski definition) is 8. The zero-order chi connectivity index (χ0) is 29.0. The van der Waals surface area contributed by atoms with Crippen LogP contribution >= 0.6 is 0 Å². The molecule has 5 rings (SSSR count). The van der Waals surface area contributed by atoms with Crippen LogP contribution in [0.2, 0.25) is 0 Å². The second-order valence-electron chi connectivity index (χ2n) is 7.72. The molecule has 0 amide bonds. The molecule has 18 heteroatoms. The van der Waals surface area contributed by atoms with Crippen molar-refractivity contribution in [1.82, 2.24) is 30.8 Å². The highest BCUT2D eigenvalue weighted by Gasteiger charge is 2.23. The number of H-pyrrole nitrogens is 2. The first-order valence-corrected chi connectivity index (χ1v) is 13.4. The van der Waals surface area contributed by atoms with Crippen molar-refractivity contribution in [1.29, 1.82) is 10.8 Å². The summed E-state index contributed by atoms with van der Waals surface area (Å²) < 4.78 is 60.7. The van der Waals surface area contributed by atoms with Crippen LogP contribution in [0.25, 0.3) is 22.1 Å². The standard InChI is InChI=1S/2C7H7N5.C7H8O6S2/c2*8-7(9)4-2-1-3-5-6(4)11-12-10-5;1-5-2-3-6(14(8,9)10)7(4-5)15(11,12)13/h2*1-3H,(H3,8,9)(H,10,11,12);2-4H,1H3,(H,8,9,10)(H,11,12,13). The van der Waals surface area contributed by atoms with Crippen LogP contribution in [-0.4, -0.2) is 68.4 Å². The van der Waals surface area contributed by atoms with Gasteiger partial charge < -0.3 is 11.5 Å². The molecule has 0 saturated heterocycles. The van der Waals surface area contributed by atoms with Gasteiger partial charge in [-0.25, -0.2) is 0 Å². The molecule has 0 radical (unpaired) electrons. The number of rotatable bonds is 4. The molecule has 204 valence electrons. The fourth-order valence-corrected chi connectivity index (χ4v) is 5.04. The number of benzene rings is 3. The average molecular weight is 575 g/mol. The van der Waals surface area contributed by atoms with E-state index in [1.165, 1.54) is 13.0 Å². The Morgan fingerprint density at radius 3 is 1.54 bits per heavy atom. The molecule has 2 heterocycles. The Bertz CT molecular complexity index is 1810. The fraction of sp³-hybridized carbons (Fsp3) is 0.0476. The van der Waals surface area contributed by atoms with E-state index in [2.05, 4.69) is 30.8 Å². The van der Waals surface area contributed by atoms with Crippen molar-refractivity contribution in [2.45, 2.75) is 16.7 Å². The van der Waals surface area contributed by atoms with Gasteiger partial charge in [0.2, 0.25) is 0 Å². The largest absolute Gasteiger partial charge is 0.384 e. The minimum Gasteiger partial charge on any atom is -0.384 e. The van der Waals surface area contributed by atoms with Gasteiger partial charge in [-0.2, -0.15) is 47.7 Å². The molecule has 10 N–H and O–H groups in total. The van der Waals surface area contributed by atoms with Gasteiger partial charge in [-0.15, -0.1) is 0 Å². The number of hydrogen-bond acceptors (Lipinski definition) is 10. The topological polar surface area (TPSA) is 292 Å². The molecule has 0 aliphatic carbocycles. The number of para-hydroxylation sites is 2. The molecule has 0 fully saturated rings. The van der Waals surface area contributed by atoms with E-state index in [0.29, 0.717) is 27.7 Å². The highest BCUT2D eigenvalue weighted by Crippen LogP contribution is 2.21. The van der Waals surface area contributed by atoms with E-state index in [1.54, 1.807) is 24.3 Å². The van der Waals surface area contributed by atoms with Crippen LogP contribution in [-0.2, 0) is 20.2 Å². The van der Waals surface area contributed by atoms with Crippen molar-refractivity contribution >= 4 is 54.0 Å². The van der Waals surface area contributed by atoms with Gasteiger partial charge in [-0.3, -0.25) is 19.9 Å². The van der Waals surface area contributed by atoms with Crippen molar-refractivity contribution in [2.75, 3.05) is 0 Å². The first kappa shape index (κ1) is 28.8. The summed E-state index contributed by atoms with van der Waals surface area (Å²) in [6.07, 6.45) is 0. The molecule has 39 heavy (non-hydrogen) atoms. The third kappa shape index (κ3) is 6.96. The number of nitrogen functional groups attached to an aromatic ring is 2. The minimum atomic E-state index is -4.68. The van der Waals surface area contributed by atoms with Gasteiger partial charge in [0.15, 0.2) is 0 Å². The summed E-state index contributed by atoms with van der Waals surface area (Å²) in [5.74, 6) is 0.0176. The van der Waals surface area contributed by atoms with Crippen LogP contribution in [0.4, 0.5) is 0 Å². The Kier molecular flexibility index (Phi) is 8.35. The van der Waals surface area contributed by atoms with Crippen LogP contribution in [0.15, 0.2) is 64.4 Å². The van der Waals surface area contributed by atoms with Gasteiger partial charge in [0, 0.05) is 11.1 Å². The average Bonchev–Trinajstić information content (AvgIpc) is 3.52. The van der Waals surface area contributed by atoms with E-state index >= 15 is 0 Å². The maximum absolute atomic E-state index is 10.8. The predicted molar refractivity (Wildman–Crippen MR) is 141 cm³/mol. The normalized spacial score (nSPS) is 11.3. The number of aromatic amines is 2. The molecular weight excluding hydrogens is 552 g/mol. The quantitative estimate of drug-likeness (QED) is 0.0846. The Balaban J connectivity index is 0.000000163. The monoisotopic (exact) mass is 574 g/mol. The molecule has 0 unspecified atom stereocenters. The highest BCUT2D eigenvalue weighted by atomic mass is 32.2. The van der Waals surface area contributed by atoms with Crippen molar-refractivity contribution in [3.05, 3.63) is 71.3 Å². The number of fused-ring (bicyclic) bond motifs is 2. The first-order chi connectivity index (χ1) is 18.2. The maximum Gasteiger partial charge on any atom is 0.295 e. The molecule has 5 aromatic rings. The number of nitrogens with zero attached hydrogens (tertiary/aromatic N) is 4. The van der Waals surface area contributed by atoms with Crippen LogP contribution in [0, 0.1) is 17.7 Å². The first-order valence-electron chi connectivity index (χ1n) is 10.5. The van der Waals surface area contributed by atoms with Gasteiger partial charge >= 0.3 is 0 Å². The van der Waals surface area contributed by atoms with Gasteiger partial charge in [0.25, 0.3) is 20.2 Å². The van der Waals surface area contributed by atoms with E-state index < -0.39 is 30.0 Å². The van der Waals surface area contributed by atoms with Crippen molar-refractivity contribution in [3.63, 3.8) is 0 Å². The number of amidine groups is 2. The second-order valence-corrected chi connectivity index (χ2v) is 10.5. The predicted octanol–water partition coefficient (Wildman–Crippen LogP) is 0.972. The molecule has 0 bridgehead atoms. The summed E-state index contributed by atoms with van der Waals surface area (Å²) in [4.78, 5) is -1.67. The summed E-state index contributed by atoms with van der Waals surface area (Å²) in [5.41, 5.74) is 15.1. The SMILES string of the molecule is Cc1ccc(S(=O)(=O)O)c(S(=O)(=O)O)c1.N=C(N)c1cccc2n[nH]nc12.N=C(N)c1cccc2n[nH]nc12. The van der Waals surface area contributed by atoms with Gasteiger partial charge in [-0.05, 0) is 48.9 Å². The van der Waals surface area contributed by atoms with E-state index in [9.17, 15) is 16.8 Å². The minimum absolute atomic E-state index is 0.00880. The molecule has 0 saturated carbocycles. The van der Waals surface area contributed by atoms with Gasteiger partial charge in [0.05, 0.1) is 0 Å². The van der Waals surface area contributed by atoms with Gasteiger partial charge in [0.1, 0.15) is 43.5 Å². The van der Waals surface area contributed by atoms with Crippen LogP contribution in [0.1, 0.15) is 16.7 Å². The number of aromatic nitrogens is 6. The second kappa shape index (κ2) is 11.3. The Hall–Kier alpha value is -4.78. The number of nitrogens with one attached hydrogen (secondary N) is 4. The smallest absolute Gasteiger partial charge is 0.295 e. The van der Waals surface area contributed by atoms with Crippen molar-refractivity contribution in [3.8, 4) is 0 Å². The van der Waals surface area contributed by atoms with Crippen LogP contribution in [0.5, 0.6) is 0 Å². The lowest BCUT2D eigenvalue weighted by Gasteiger charge is -2.04. The van der Waals surface area contributed by atoms with E-state index in [4.69, 9.17) is 31.4 Å². The molecule has 3 aromatic carbocycles. The zero-order valence-electron chi connectivity index (χ0n) is 20.0.